The number of nitrogens with one attached hydrogen (secondary N) is 1. The van der Waals surface area contributed by atoms with Crippen molar-refractivity contribution in [2.45, 2.75) is 38.8 Å². The van der Waals surface area contributed by atoms with Gasteiger partial charge < -0.3 is 9.73 Å². The molecule has 24 heavy (non-hydrogen) atoms. The molecule has 0 amide bonds. The van der Waals surface area contributed by atoms with Crippen LogP contribution in [0.15, 0.2) is 34.7 Å². The summed E-state index contributed by atoms with van der Waals surface area (Å²) in [7, 11) is -3.14. The molecule has 0 bridgehead atoms. The van der Waals surface area contributed by atoms with Crippen molar-refractivity contribution in [2.75, 3.05) is 19.3 Å². The third kappa shape index (κ3) is 3.66. The zero-order valence-electron chi connectivity index (χ0n) is 14.5. The van der Waals surface area contributed by atoms with E-state index in [0.29, 0.717) is 19.0 Å². The summed E-state index contributed by atoms with van der Waals surface area (Å²) in [6, 6.07) is 10.2. The van der Waals surface area contributed by atoms with E-state index in [-0.39, 0.29) is 12.1 Å². The first kappa shape index (κ1) is 17.5. The number of furan rings is 1. The van der Waals surface area contributed by atoms with E-state index >= 15 is 0 Å². The van der Waals surface area contributed by atoms with Gasteiger partial charge in [0.15, 0.2) is 0 Å². The van der Waals surface area contributed by atoms with Gasteiger partial charge in [-0.3, -0.25) is 0 Å². The topological polar surface area (TPSA) is 62.6 Å². The standard InChI is InChI=1S/C18H26N2O3S/c1-13(2)18(17-11-14-7-4-5-9-16(14)23-17)19-12-15-8-6-10-20(15)24(3,21)22/h4-5,7,9,11,13,15,18-19H,6,8,10,12H2,1-3H3/t15-,18-/m1/s1. The highest BCUT2D eigenvalue weighted by Gasteiger charge is 2.32. The molecular formula is C18H26N2O3S. The van der Waals surface area contributed by atoms with E-state index in [1.54, 1.807) is 4.31 Å². The molecule has 0 radical (unpaired) electrons. The summed E-state index contributed by atoms with van der Waals surface area (Å²) in [6.45, 7) is 5.57. The molecule has 1 fully saturated rings. The second kappa shape index (κ2) is 6.86. The summed E-state index contributed by atoms with van der Waals surface area (Å²) in [5, 5.41) is 4.64. The van der Waals surface area contributed by atoms with Crippen LogP contribution in [0.4, 0.5) is 0 Å². The molecule has 2 heterocycles. The Labute approximate surface area is 144 Å². The molecule has 1 N–H and O–H groups in total. The summed E-state index contributed by atoms with van der Waals surface area (Å²) >= 11 is 0. The number of sulfonamides is 1. The Balaban J connectivity index is 1.75. The predicted molar refractivity (Wildman–Crippen MR) is 96.4 cm³/mol. The van der Waals surface area contributed by atoms with Crippen molar-refractivity contribution < 1.29 is 12.8 Å². The fourth-order valence-corrected chi connectivity index (χ4v) is 4.72. The van der Waals surface area contributed by atoms with Gasteiger partial charge in [-0.1, -0.05) is 32.0 Å². The molecular weight excluding hydrogens is 324 g/mol. The smallest absolute Gasteiger partial charge is 0.211 e. The third-order valence-corrected chi connectivity index (χ3v) is 6.07. The molecule has 0 unspecified atom stereocenters. The van der Waals surface area contributed by atoms with Crippen molar-refractivity contribution in [3.05, 3.63) is 36.1 Å². The van der Waals surface area contributed by atoms with Crippen LogP contribution in [-0.4, -0.2) is 38.1 Å². The van der Waals surface area contributed by atoms with Gasteiger partial charge in [-0.15, -0.1) is 0 Å². The molecule has 1 aliphatic rings. The highest BCUT2D eigenvalue weighted by molar-refractivity contribution is 7.88. The molecule has 0 aliphatic carbocycles. The Kier molecular flexibility index (Phi) is 4.99. The maximum atomic E-state index is 11.9. The van der Waals surface area contributed by atoms with Gasteiger partial charge in [0.1, 0.15) is 11.3 Å². The molecule has 1 aromatic heterocycles. The molecule has 1 saturated heterocycles. The minimum absolute atomic E-state index is 0.0330. The van der Waals surface area contributed by atoms with Gasteiger partial charge in [-0.25, -0.2) is 8.42 Å². The van der Waals surface area contributed by atoms with Crippen LogP contribution >= 0.6 is 0 Å². The number of rotatable bonds is 6. The molecule has 132 valence electrons. The Hall–Kier alpha value is -1.37. The van der Waals surface area contributed by atoms with Crippen LogP contribution in [0, 0.1) is 5.92 Å². The monoisotopic (exact) mass is 350 g/mol. The van der Waals surface area contributed by atoms with Crippen LogP contribution in [0.5, 0.6) is 0 Å². The second-order valence-electron chi connectivity index (χ2n) is 6.99. The van der Waals surface area contributed by atoms with Crippen LogP contribution in [0.1, 0.15) is 38.5 Å². The quantitative estimate of drug-likeness (QED) is 0.869. The summed E-state index contributed by atoms with van der Waals surface area (Å²) < 4.78 is 31.4. The molecule has 2 aromatic rings. The Bertz CT molecular complexity index is 764. The Morgan fingerprint density at radius 2 is 2.08 bits per heavy atom. The van der Waals surface area contributed by atoms with Crippen molar-refractivity contribution in [3.63, 3.8) is 0 Å². The van der Waals surface area contributed by atoms with Crippen molar-refractivity contribution in [1.29, 1.82) is 0 Å². The fraction of sp³-hybridized carbons (Fsp3) is 0.556. The zero-order valence-corrected chi connectivity index (χ0v) is 15.3. The lowest BCUT2D eigenvalue weighted by Gasteiger charge is -2.26. The molecule has 1 aliphatic heterocycles. The predicted octanol–water partition coefficient (Wildman–Crippen LogP) is 3.14. The molecule has 1 aromatic carbocycles. The molecule has 5 nitrogen and oxygen atoms in total. The lowest BCUT2D eigenvalue weighted by Crippen LogP contribution is -2.42. The molecule has 6 heteroatoms. The minimum atomic E-state index is -3.14. The summed E-state index contributed by atoms with van der Waals surface area (Å²) in [6.07, 6.45) is 3.13. The molecule has 3 rings (SSSR count). The zero-order chi connectivity index (χ0) is 17.3. The number of nitrogens with zero attached hydrogens (tertiary/aromatic N) is 1. The van der Waals surface area contributed by atoms with E-state index in [4.69, 9.17) is 4.42 Å². The van der Waals surface area contributed by atoms with E-state index in [1.807, 2.05) is 24.3 Å². The first-order valence-electron chi connectivity index (χ1n) is 8.55. The van der Waals surface area contributed by atoms with Crippen LogP contribution in [-0.2, 0) is 10.0 Å². The largest absolute Gasteiger partial charge is 0.459 e. The molecule has 0 spiro atoms. The lowest BCUT2D eigenvalue weighted by atomic mass is 10.0. The van der Waals surface area contributed by atoms with Crippen LogP contribution in [0.25, 0.3) is 11.0 Å². The minimum Gasteiger partial charge on any atom is -0.459 e. The Morgan fingerprint density at radius 1 is 1.33 bits per heavy atom. The first-order valence-corrected chi connectivity index (χ1v) is 10.4. The van der Waals surface area contributed by atoms with Crippen LogP contribution in [0.2, 0.25) is 0 Å². The highest BCUT2D eigenvalue weighted by Crippen LogP contribution is 2.29. The number of para-hydroxylation sites is 1. The molecule has 0 saturated carbocycles. The number of fused-ring (bicyclic) bond motifs is 1. The van der Waals surface area contributed by atoms with E-state index in [1.165, 1.54) is 6.26 Å². The maximum absolute atomic E-state index is 11.9. The average Bonchev–Trinajstić information content (AvgIpc) is 3.12. The average molecular weight is 350 g/mol. The molecule has 2 atom stereocenters. The maximum Gasteiger partial charge on any atom is 0.211 e. The third-order valence-electron chi connectivity index (χ3n) is 4.74. The second-order valence-corrected chi connectivity index (χ2v) is 8.92. The van der Waals surface area contributed by atoms with Crippen molar-refractivity contribution in [3.8, 4) is 0 Å². The van der Waals surface area contributed by atoms with Gasteiger partial charge in [0, 0.05) is 24.5 Å². The number of hydrogen-bond donors (Lipinski definition) is 1. The summed E-state index contributed by atoms with van der Waals surface area (Å²) in [5.74, 6) is 1.26. The summed E-state index contributed by atoms with van der Waals surface area (Å²) in [4.78, 5) is 0. The van der Waals surface area contributed by atoms with Crippen LogP contribution < -0.4 is 5.32 Å². The van der Waals surface area contributed by atoms with Gasteiger partial charge in [-0.2, -0.15) is 4.31 Å². The number of hydrogen-bond acceptors (Lipinski definition) is 4. The van der Waals surface area contributed by atoms with Crippen LogP contribution in [0.3, 0.4) is 0 Å². The first-order chi connectivity index (χ1) is 11.4. The van der Waals surface area contributed by atoms with Gasteiger partial charge >= 0.3 is 0 Å². The van der Waals surface area contributed by atoms with Gasteiger partial charge in [0.05, 0.1) is 12.3 Å². The summed E-state index contributed by atoms with van der Waals surface area (Å²) in [5.41, 5.74) is 0.888. The van der Waals surface area contributed by atoms with E-state index in [9.17, 15) is 8.42 Å². The van der Waals surface area contributed by atoms with Crippen molar-refractivity contribution in [1.82, 2.24) is 9.62 Å². The van der Waals surface area contributed by atoms with Gasteiger partial charge in [0.2, 0.25) is 10.0 Å². The van der Waals surface area contributed by atoms with Gasteiger partial charge in [0.25, 0.3) is 0 Å². The lowest BCUT2D eigenvalue weighted by molar-refractivity contribution is 0.308. The van der Waals surface area contributed by atoms with E-state index in [0.717, 1.165) is 29.6 Å². The Morgan fingerprint density at radius 3 is 2.75 bits per heavy atom. The highest BCUT2D eigenvalue weighted by atomic mass is 32.2. The van der Waals surface area contributed by atoms with Gasteiger partial charge in [-0.05, 0) is 30.9 Å². The van der Waals surface area contributed by atoms with Crippen molar-refractivity contribution in [2.24, 2.45) is 5.92 Å². The van der Waals surface area contributed by atoms with E-state index in [2.05, 4.69) is 25.2 Å². The normalized spacial score (nSPS) is 20.9. The fourth-order valence-electron chi connectivity index (χ4n) is 3.53. The van der Waals surface area contributed by atoms with E-state index < -0.39 is 10.0 Å². The van der Waals surface area contributed by atoms with Crippen molar-refractivity contribution >= 4 is 21.0 Å². The SMILES string of the molecule is CC(C)[C@@H](NC[C@H]1CCCN1S(C)(=O)=O)c1cc2ccccc2o1. The number of benzene rings is 1.